The Kier molecular flexibility index (Phi) is 11.6. The first-order valence-electron chi connectivity index (χ1n) is 7.40. The highest BCUT2D eigenvalue weighted by molar-refractivity contribution is 5.68. The van der Waals surface area contributed by atoms with Crippen LogP contribution in [0.5, 0.6) is 0 Å². The van der Waals surface area contributed by atoms with Crippen LogP contribution in [-0.4, -0.2) is 12.6 Å². The molecule has 0 N–H and O–H groups in total. The summed E-state index contributed by atoms with van der Waals surface area (Å²) in [6.45, 7) is 6.97. The molecule has 0 aromatic carbocycles. The molecule has 0 aromatic heterocycles. The molecule has 2 heteroatoms. The van der Waals surface area contributed by atoms with E-state index in [2.05, 4.69) is 13.8 Å². The molecule has 2 nitrogen and oxygen atoms in total. The van der Waals surface area contributed by atoms with Gasteiger partial charge in [-0.1, -0.05) is 59.3 Å². The SMILES string of the molecule is CCCCC(CCC)CCCCOC(=O)CC. The summed E-state index contributed by atoms with van der Waals surface area (Å²) in [7, 11) is 0. The summed E-state index contributed by atoms with van der Waals surface area (Å²) < 4.78 is 5.08. The summed E-state index contributed by atoms with van der Waals surface area (Å²) in [4.78, 5) is 10.9. The zero-order valence-corrected chi connectivity index (χ0v) is 12.0. The minimum absolute atomic E-state index is 0.0684. The largest absolute Gasteiger partial charge is 0.466 e. The van der Waals surface area contributed by atoms with Crippen LogP contribution in [0.3, 0.4) is 0 Å². The van der Waals surface area contributed by atoms with E-state index in [1.54, 1.807) is 0 Å². The Hall–Kier alpha value is -0.530. The van der Waals surface area contributed by atoms with E-state index in [4.69, 9.17) is 4.74 Å². The van der Waals surface area contributed by atoms with Gasteiger partial charge in [0.1, 0.15) is 0 Å². The molecule has 1 unspecified atom stereocenters. The summed E-state index contributed by atoms with van der Waals surface area (Å²) >= 11 is 0. The van der Waals surface area contributed by atoms with Crippen molar-refractivity contribution < 1.29 is 9.53 Å². The quantitative estimate of drug-likeness (QED) is 0.387. The molecule has 102 valence electrons. The molecule has 0 heterocycles. The van der Waals surface area contributed by atoms with Gasteiger partial charge in [0, 0.05) is 6.42 Å². The van der Waals surface area contributed by atoms with E-state index in [9.17, 15) is 4.79 Å². The number of rotatable bonds is 11. The van der Waals surface area contributed by atoms with Crippen molar-refractivity contribution in [2.75, 3.05) is 6.61 Å². The second kappa shape index (κ2) is 11.9. The molecule has 0 aromatic rings. The second-order valence-electron chi connectivity index (χ2n) is 4.87. The number of ether oxygens (including phenoxy) is 1. The summed E-state index contributed by atoms with van der Waals surface area (Å²) in [6.07, 6.45) is 10.7. The summed E-state index contributed by atoms with van der Waals surface area (Å²) in [6, 6.07) is 0. The van der Waals surface area contributed by atoms with Gasteiger partial charge in [-0.3, -0.25) is 4.79 Å². The Bertz CT molecular complexity index is 178. The van der Waals surface area contributed by atoms with Crippen LogP contribution in [0.25, 0.3) is 0 Å². The molecule has 0 bridgehead atoms. The Labute approximate surface area is 107 Å². The lowest BCUT2D eigenvalue weighted by molar-refractivity contribution is -0.143. The van der Waals surface area contributed by atoms with Gasteiger partial charge in [-0.25, -0.2) is 0 Å². The van der Waals surface area contributed by atoms with Crippen molar-refractivity contribution in [1.29, 1.82) is 0 Å². The van der Waals surface area contributed by atoms with E-state index in [0.29, 0.717) is 13.0 Å². The molecule has 0 spiro atoms. The Morgan fingerprint density at radius 1 is 0.941 bits per heavy atom. The molecule has 1 atom stereocenters. The fraction of sp³-hybridized carbons (Fsp3) is 0.933. The van der Waals surface area contributed by atoms with Gasteiger partial charge in [-0.15, -0.1) is 0 Å². The van der Waals surface area contributed by atoms with E-state index >= 15 is 0 Å². The van der Waals surface area contributed by atoms with Crippen LogP contribution in [0.15, 0.2) is 0 Å². The average molecular weight is 242 g/mol. The molecule has 0 saturated carbocycles. The predicted octanol–water partition coefficient (Wildman–Crippen LogP) is 4.72. The van der Waals surface area contributed by atoms with Crippen LogP contribution in [0.4, 0.5) is 0 Å². The lowest BCUT2D eigenvalue weighted by atomic mass is 9.92. The van der Waals surface area contributed by atoms with Gasteiger partial charge in [0.15, 0.2) is 0 Å². The maximum atomic E-state index is 10.9. The first-order chi connectivity index (χ1) is 8.24. The molecule has 0 aliphatic heterocycles. The third kappa shape index (κ3) is 10.3. The third-order valence-corrected chi connectivity index (χ3v) is 3.22. The first kappa shape index (κ1) is 16.5. The average Bonchev–Trinajstić information content (AvgIpc) is 2.34. The van der Waals surface area contributed by atoms with Gasteiger partial charge in [-0.05, 0) is 18.8 Å². The highest BCUT2D eigenvalue weighted by Crippen LogP contribution is 2.21. The van der Waals surface area contributed by atoms with Gasteiger partial charge < -0.3 is 4.74 Å². The zero-order chi connectivity index (χ0) is 12.9. The van der Waals surface area contributed by atoms with Crippen molar-refractivity contribution in [3.63, 3.8) is 0 Å². The second-order valence-corrected chi connectivity index (χ2v) is 4.87. The van der Waals surface area contributed by atoms with Gasteiger partial charge in [-0.2, -0.15) is 0 Å². The van der Waals surface area contributed by atoms with Gasteiger partial charge >= 0.3 is 5.97 Å². The highest BCUT2D eigenvalue weighted by atomic mass is 16.5. The zero-order valence-electron chi connectivity index (χ0n) is 12.0. The van der Waals surface area contributed by atoms with Crippen LogP contribution in [0.2, 0.25) is 0 Å². The van der Waals surface area contributed by atoms with Crippen LogP contribution in [0.1, 0.15) is 78.6 Å². The van der Waals surface area contributed by atoms with Crippen LogP contribution in [0, 0.1) is 5.92 Å². The molecular formula is C15H30O2. The third-order valence-electron chi connectivity index (χ3n) is 3.22. The van der Waals surface area contributed by atoms with Gasteiger partial charge in [0.25, 0.3) is 0 Å². The topological polar surface area (TPSA) is 26.3 Å². The molecular weight excluding hydrogens is 212 g/mol. The van der Waals surface area contributed by atoms with Crippen LogP contribution >= 0.6 is 0 Å². The highest BCUT2D eigenvalue weighted by Gasteiger charge is 2.07. The molecule has 0 radical (unpaired) electrons. The van der Waals surface area contributed by atoms with E-state index < -0.39 is 0 Å². The van der Waals surface area contributed by atoms with E-state index in [1.165, 1.54) is 44.9 Å². The van der Waals surface area contributed by atoms with Gasteiger partial charge in [0.2, 0.25) is 0 Å². The van der Waals surface area contributed by atoms with Crippen LogP contribution in [-0.2, 0) is 9.53 Å². The maximum Gasteiger partial charge on any atom is 0.305 e. The molecule has 0 rings (SSSR count). The van der Waals surface area contributed by atoms with E-state index in [0.717, 1.165) is 12.3 Å². The number of unbranched alkanes of at least 4 members (excludes halogenated alkanes) is 2. The summed E-state index contributed by atoms with van der Waals surface area (Å²) in [5.41, 5.74) is 0. The first-order valence-corrected chi connectivity index (χ1v) is 7.40. The molecule has 0 aliphatic rings. The Balaban J connectivity index is 3.49. The van der Waals surface area contributed by atoms with Crippen molar-refractivity contribution in [2.45, 2.75) is 78.6 Å². The minimum atomic E-state index is -0.0684. The van der Waals surface area contributed by atoms with E-state index in [-0.39, 0.29) is 5.97 Å². The number of hydrogen-bond donors (Lipinski definition) is 0. The normalized spacial score (nSPS) is 12.4. The van der Waals surface area contributed by atoms with E-state index in [1.807, 2.05) is 6.92 Å². The summed E-state index contributed by atoms with van der Waals surface area (Å²) in [5.74, 6) is 0.822. The van der Waals surface area contributed by atoms with Crippen molar-refractivity contribution in [2.24, 2.45) is 5.92 Å². The predicted molar refractivity (Wildman–Crippen MR) is 73.0 cm³/mol. The molecule has 0 aliphatic carbocycles. The fourth-order valence-corrected chi connectivity index (χ4v) is 2.16. The number of hydrogen-bond acceptors (Lipinski definition) is 2. The van der Waals surface area contributed by atoms with Crippen molar-refractivity contribution >= 4 is 5.97 Å². The lowest BCUT2D eigenvalue weighted by Gasteiger charge is -2.15. The standard InChI is InChI=1S/C15H30O2/c1-4-7-11-14(10-5-2)12-8-9-13-17-15(16)6-3/h14H,4-13H2,1-3H3. The monoisotopic (exact) mass is 242 g/mol. The fourth-order valence-electron chi connectivity index (χ4n) is 2.16. The number of esters is 1. The van der Waals surface area contributed by atoms with Crippen molar-refractivity contribution in [1.82, 2.24) is 0 Å². The van der Waals surface area contributed by atoms with Gasteiger partial charge in [0.05, 0.1) is 6.61 Å². The van der Waals surface area contributed by atoms with Crippen molar-refractivity contribution in [3.8, 4) is 0 Å². The smallest absolute Gasteiger partial charge is 0.305 e. The minimum Gasteiger partial charge on any atom is -0.466 e. The number of carbonyl (C=O) groups excluding carboxylic acids is 1. The molecule has 0 amide bonds. The maximum absolute atomic E-state index is 10.9. The Morgan fingerprint density at radius 3 is 2.24 bits per heavy atom. The van der Waals surface area contributed by atoms with Crippen molar-refractivity contribution in [3.05, 3.63) is 0 Å². The van der Waals surface area contributed by atoms with Crippen LogP contribution < -0.4 is 0 Å². The molecule has 0 fully saturated rings. The lowest BCUT2D eigenvalue weighted by Crippen LogP contribution is -2.05. The summed E-state index contributed by atoms with van der Waals surface area (Å²) in [5, 5.41) is 0. The number of carbonyl (C=O) groups is 1. The Morgan fingerprint density at radius 2 is 1.65 bits per heavy atom. The molecule has 0 saturated heterocycles. The molecule has 17 heavy (non-hydrogen) atoms.